The number of carboxylic acid groups (broad SMARTS) is 1. The fraction of sp³-hybridized carbons (Fsp3) is 0.588. The molecule has 1 N–H and O–H groups in total. The molecule has 0 atom stereocenters. The summed E-state index contributed by atoms with van der Waals surface area (Å²) in [6.07, 6.45) is 4.02. The maximum Gasteiger partial charge on any atom is 0.309 e. The Labute approximate surface area is 140 Å². The van der Waals surface area contributed by atoms with Crippen LogP contribution in [0, 0.1) is 17.3 Å². The third-order valence-corrected chi connectivity index (χ3v) is 5.77. The molecule has 1 aliphatic rings. The molecule has 116 valence electrons. The molecule has 1 fully saturated rings. The van der Waals surface area contributed by atoms with Crippen LogP contribution < -0.4 is 0 Å². The smallest absolute Gasteiger partial charge is 0.309 e. The number of rotatable bonds is 4. The molecule has 4 heteroatoms. The van der Waals surface area contributed by atoms with Gasteiger partial charge < -0.3 is 5.11 Å². The first-order valence-electron chi connectivity index (χ1n) is 7.51. The highest BCUT2D eigenvalue weighted by molar-refractivity contribution is 9.10. The van der Waals surface area contributed by atoms with E-state index in [1.165, 1.54) is 0 Å². The summed E-state index contributed by atoms with van der Waals surface area (Å²) < 4.78 is 0.921. The molecule has 2 nitrogen and oxygen atoms in total. The Morgan fingerprint density at radius 2 is 2.05 bits per heavy atom. The highest BCUT2D eigenvalue weighted by atomic mass is 79.9. The Kier molecular flexibility index (Phi) is 5.37. The van der Waals surface area contributed by atoms with Crippen molar-refractivity contribution >= 4 is 33.5 Å². The summed E-state index contributed by atoms with van der Waals surface area (Å²) >= 11 is 9.66. The molecular formula is C17H22BrClO2. The highest BCUT2D eigenvalue weighted by Crippen LogP contribution is 2.44. The molecule has 21 heavy (non-hydrogen) atoms. The summed E-state index contributed by atoms with van der Waals surface area (Å²) in [5, 5.41) is 10.4. The lowest BCUT2D eigenvalue weighted by atomic mass is 9.65. The number of hydrogen-bond acceptors (Lipinski definition) is 1. The zero-order valence-electron chi connectivity index (χ0n) is 12.5. The first-order chi connectivity index (χ1) is 9.84. The van der Waals surface area contributed by atoms with E-state index in [4.69, 9.17) is 11.6 Å². The predicted molar refractivity (Wildman–Crippen MR) is 89.7 cm³/mol. The van der Waals surface area contributed by atoms with Crippen LogP contribution in [0.1, 0.15) is 45.1 Å². The molecule has 1 saturated carbocycles. The van der Waals surface area contributed by atoms with Gasteiger partial charge in [0.15, 0.2) is 0 Å². The van der Waals surface area contributed by atoms with Crippen LogP contribution in [0.3, 0.4) is 0 Å². The molecule has 0 unspecified atom stereocenters. The molecule has 0 radical (unpaired) electrons. The zero-order valence-corrected chi connectivity index (χ0v) is 14.9. The topological polar surface area (TPSA) is 37.3 Å². The summed E-state index contributed by atoms with van der Waals surface area (Å²) in [5.41, 5.74) is 0.285. The van der Waals surface area contributed by atoms with Crippen LogP contribution in [0.15, 0.2) is 22.7 Å². The van der Waals surface area contributed by atoms with E-state index in [9.17, 15) is 9.90 Å². The second-order valence-electron chi connectivity index (χ2n) is 6.58. The molecule has 2 rings (SSSR count). The predicted octanol–water partition coefficient (Wildman–Crippen LogP) is 5.56. The molecule has 0 saturated heterocycles. The average Bonchev–Trinajstić information content (AvgIpc) is 2.42. The minimum Gasteiger partial charge on any atom is -0.481 e. The summed E-state index contributed by atoms with van der Waals surface area (Å²) in [6, 6.07) is 5.70. The van der Waals surface area contributed by atoms with Gasteiger partial charge in [-0.05, 0) is 61.6 Å². The van der Waals surface area contributed by atoms with Crippen LogP contribution in [-0.2, 0) is 11.2 Å². The fourth-order valence-corrected chi connectivity index (χ4v) is 4.10. The van der Waals surface area contributed by atoms with Crippen molar-refractivity contribution in [3.63, 3.8) is 0 Å². The molecule has 1 aromatic carbocycles. The van der Waals surface area contributed by atoms with Gasteiger partial charge in [0.1, 0.15) is 0 Å². The van der Waals surface area contributed by atoms with Crippen LogP contribution in [0.25, 0.3) is 0 Å². The van der Waals surface area contributed by atoms with Crippen molar-refractivity contribution in [1.82, 2.24) is 0 Å². The van der Waals surface area contributed by atoms with E-state index >= 15 is 0 Å². The van der Waals surface area contributed by atoms with Gasteiger partial charge in [-0.25, -0.2) is 0 Å². The van der Waals surface area contributed by atoms with Crippen molar-refractivity contribution in [2.75, 3.05) is 0 Å². The molecule has 1 aromatic rings. The molecule has 0 aliphatic heterocycles. The van der Waals surface area contributed by atoms with E-state index in [0.717, 1.165) is 35.7 Å². The van der Waals surface area contributed by atoms with Crippen molar-refractivity contribution in [3.05, 3.63) is 33.3 Å². The van der Waals surface area contributed by atoms with Gasteiger partial charge >= 0.3 is 5.97 Å². The second kappa shape index (κ2) is 6.70. The lowest BCUT2D eigenvalue weighted by molar-refractivity contribution is -0.151. The van der Waals surface area contributed by atoms with E-state index < -0.39 is 11.4 Å². The number of carbonyl (C=O) groups is 1. The van der Waals surface area contributed by atoms with Crippen LogP contribution >= 0.6 is 27.5 Å². The normalized spacial score (nSPS) is 26.0. The Hall–Kier alpha value is -0.540. The van der Waals surface area contributed by atoms with E-state index in [2.05, 4.69) is 29.8 Å². The minimum atomic E-state index is -0.677. The third-order valence-electron chi connectivity index (χ3n) is 4.93. The van der Waals surface area contributed by atoms with Gasteiger partial charge in [0, 0.05) is 9.50 Å². The Morgan fingerprint density at radius 1 is 1.43 bits per heavy atom. The number of halogens is 2. The lowest BCUT2D eigenvalue weighted by Gasteiger charge is -2.38. The van der Waals surface area contributed by atoms with Crippen molar-refractivity contribution in [1.29, 1.82) is 0 Å². The van der Waals surface area contributed by atoms with Crippen molar-refractivity contribution in [2.45, 2.75) is 46.0 Å². The standard InChI is InChI=1S/C17H22BrClO2/c1-11(2)12-5-7-17(8-6-12,16(20)21)10-13-3-4-14(18)9-15(13)19/h3-4,9,11-12H,5-8,10H2,1-2H3,(H,20,21). The van der Waals surface area contributed by atoms with Gasteiger partial charge in [-0.2, -0.15) is 0 Å². The molecule has 0 heterocycles. The van der Waals surface area contributed by atoms with Gasteiger partial charge in [0.05, 0.1) is 5.41 Å². The van der Waals surface area contributed by atoms with Crippen LogP contribution in [0.2, 0.25) is 5.02 Å². The lowest BCUT2D eigenvalue weighted by Crippen LogP contribution is -2.38. The number of benzene rings is 1. The highest BCUT2D eigenvalue weighted by Gasteiger charge is 2.42. The van der Waals surface area contributed by atoms with Gasteiger partial charge in [-0.1, -0.05) is 47.4 Å². The van der Waals surface area contributed by atoms with E-state index in [1.807, 2.05) is 18.2 Å². The SMILES string of the molecule is CC(C)C1CCC(Cc2ccc(Br)cc2Cl)(C(=O)O)CC1. The molecule has 0 aromatic heterocycles. The zero-order chi connectivity index (χ0) is 15.6. The Balaban J connectivity index is 2.19. The van der Waals surface area contributed by atoms with Crippen LogP contribution in [-0.4, -0.2) is 11.1 Å². The van der Waals surface area contributed by atoms with Crippen LogP contribution in [0.4, 0.5) is 0 Å². The number of carboxylic acids is 1. The number of hydrogen-bond donors (Lipinski definition) is 1. The Bertz CT molecular complexity index is 520. The van der Waals surface area contributed by atoms with Crippen molar-refractivity contribution in [3.8, 4) is 0 Å². The van der Waals surface area contributed by atoms with Crippen LogP contribution in [0.5, 0.6) is 0 Å². The van der Waals surface area contributed by atoms with E-state index in [0.29, 0.717) is 23.3 Å². The maximum atomic E-state index is 11.9. The summed E-state index contributed by atoms with van der Waals surface area (Å²) in [5.74, 6) is 0.606. The van der Waals surface area contributed by atoms with Crippen molar-refractivity contribution < 1.29 is 9.90 Å². The number of aliphatic carboxylic acids is 1. The first kappa shape index (κ1) is 16.8. The fourth-order valence-electron chi connectivity index (χ4n) is 3.36. The Morgan fingerprint density at radius 3 is 2.52 bits per heavy atom. The van der Waals surface area contributed by atoms with Gasteiger partial charge in [-0.15, -0.1) is 0 Å². The summed E-state index contributed by atoms with van der Waals surface area (Å²) in [4.78, 5) is 11.9. The molecule has 0 spiro atoms. The second-order valence-corrected chi connectivity index (χ2v) is 7.90. The summed E-state index contributed by atoms with van der Waals surface area (Å²) in [7, 11) is 0. The molecule has 1 aliphatic carbocycles. The van der Waals surface area contributed by atoms with E-state index in [-0.39, 0.29) is 0 Å². The largest absolute Gasteiger partial charge is 0.481 e. The van der Waals surface area contributed by atoms with Gasteiger partial charge in [-0.3, -0.25) is 4.79 Å². The minimum absolute atomic E-state index is 0.527. The maximum absolute atomic E-state index is 11.9. The summed E-state index contributed by atoms with van der Waals surface area (Å²) in [6.45, 7) is 4.45. The van der Waals surface area contributed by atoms with Gasteiger partial charge in [0.2, 0.25) is 0 Å². The molecule has 0 bridgehead atoms. The van der Waals surface area contributed by atoms with Gasteiger partial charge in [0.25, 0.3) is 0 Å². The average molecular weight is 374 g/mol. The third kappa shape index (κ3) is 3.81. The first-order valence-corrected chi connectivity index (χ1v) is 8.68. The molecule has 0 amide bonds. The monoisotopic (exact) mass is 372 g/mol. The quantitative estimate of drug-likeness (QED) is 0.750. The van der Waals surface area contributed by atoms with E-state index in [1.54, 1.807) is 0 Å². The van der Waals surface area contributed by atoms with Crippen molar-refractivity contribution in [2.24, 2.45) is 17.3 Å². The molecular weight excluding hydrogens is 352 g/mol.